The Morgan fingerprint density at radius 1 is 0.667 bits per heavy atom. The predicted molar refractivity (Wildman–Crippen MR) is 209 cm³/mol. The van der Waals surface area contributed by atoms with Gasteiger partial charge in [-0.05, 0) is 130 Å². The van der Waals surface area contributed by atoms with Crippen molar-refractivity contribution in [2.24, 2.45) is 0 Å². The van der Waals surface area contributed by atoms with E-state index < -0.39 is 45.5 Å². The Bertz CT molecular complexity index is 2120. The Hall–Kier alpha value is -6.60. The Morgan fingerprint density at radius 2 is 1.15 bits per heavy atom. The molecule has 0 saturated carbocycles. The smallest absolute Gasteiger partial charge is 0.416 e. The first-order chi connectivity index (χ1) is 28.4. The molecule has 0 aromatic heterocycles. The Labute approximate surface area is 338 Å². The minimum absolute atomic E-state index is 0.0485. The van der Waals surface area contributed by atoms with Crippen LogP contribution in [-0.2, 0) is 34.7 Å². The number of nitrogens with one attached hydrogen (secondary N) is 4. The minimum Gasteiger partial charge on any atom is -0.450 e. The maximum Gasteiger partial charge on any atom is 0.416 e. The van der Waals surface area contributed by atoms with Gasteiger partial charge >= 0.3 is 24.5 Å². The second-order valence-corrected chi connectivity index (χ2v) is 13.6. The number of carbonyl (C=O) groups excluding carboxylic acids is 2. The molecule has 0 saturated heterocycles. The molecule has 4 aromatic rings. The van der Waals surface area contributed by atoms with Crippen molar-refractivity contribution in [1.29, 1.82) is 0 Å². The summed E-state index contributed by atoms with van der Waals surface area (Å²) < 4.78 is 86.1. The number of amides is 2. The van der Waals surface area contributed by atoms with E-state index in [1.807, 2.05) is 0 Å². The summed E-state index contributed by atoms with van der Waals surface area (Å²) in [6.07, 6.45) is -6.53. The first-order valence-electron chi connectivity index (χ1n) is 18.8. The molecule has 6 rings (SSSR count). The van der Waals surface area contributed by atoms with Crippen LogP contribution in [0, 0.1) is 20.2 Å². The third kappa shape index (κ3) is 11.1. The van der Waals surface area contributed by atoms with Crippen LogP contribution < -0.4 is 21.3 Å². The molecule has 2 atom stereocenters. The van der Waals surface area contributed by atoms with Gasteiger partial charge in [-0.25, -0.2) is 9.59 Å². The molecule has 0 spiro atoms. The highest BCUT2D eigenvalue weighted by Crippen LogP contribution is 2.42. The van der Waals surface area contributed by atoms with Crippen LogP contribution in [0.4, 0.5) is 70.1 Å². The second-order valence-electron chi connectivity index (χ2n) is 13.6. The molecule has 0 aliphatic heterocycles. The summed E-state index contributed by atoms with van der Waals surface area (Å²) in [7, 11) is 0. The number of alkyl halides is 6. The molecule has 60 heavy (non-hydrogen) atoms. The number of aryl methyl sites for hydroxylation is 1. The first-order valence-corrected chi connectivity index (χ1v) is 18.8. The summed E-state index contributed by atoms with van der Waals surface area (Å²) in [4.78, 5) is 45.5. The van der Waals surface area contributed by atoms with Crippen LogP contribution in [0.3, 0.4) is 0 Å². The number of halogens is 6. The quantitative estimate of drug-likeness (QED) is 0.0679. The molecule has 4 N–H and O–H groups in total. The van der Waals surface area contributed by atoms with Gasteiger partial charge in [-0.15, -0.1) is 0 Å². The van der Waals surface area contributed by atoms with Crippen molar-refractivity contribution in [2.75, 3.05) is 34.5 Å². The highest BCUT2D eigenvalue weighted by atomic mass is 19.4. The van der Waals surface area contributed by atoms with Crippen molar-refractivity contribution in [3.8, 4) is 0 Å². The fourth-order valence-corrected chi connectivity index (χ4v) is 7.05. The topological polar surface area (TPSA) is 187 Å². The summed E-state index contributed by atoms with van der Waals surface area (Å²) in [5.74, 6) is 0. The van der Waals surface area contributed by atoms with Crippen LogP contribution in [0.25, 0.3) is 0 Å². The fourth-order valence-electron chi connectivity index (χ4n) is 7.05. The van der Waals surface area contributed by atoms with Crippen LogP contribution in [-0.4, -0.2) is 35.2 Å². The van der Waals surface area contributed by atoms with E-state index in [1.54, 1.807) is 26.0 Å². The van der Waals surface area contributed by atoms with Gasteiger partial charge in [-0.1, -0.05) is 6.07 Å². The van der Waals surface area contributed by atoms with Crippen LogP contribution >= 0.6 is 0 Å². The van der Waals surface area contributed by atoms with E-state index >= 15 is 0 Å². The zero-order chi connectivity index (χ0) is 43.8. The number of carbonyl (C=O) groups is 2. The summed E-state index contributed by atoms with van der Waals surface area (Å²) in [5.41, 5.74) is 1.78. The van der Waals surface area contributed by atoms with Gasteiger partial charge in [0.25, 0.3) is 11.4 Å². The van der Waals surface area contributed by atoms with Crippen molar-refractivity contribution < 1.29 is 55.3 Å². The molecular formula is C40H40F6N6O8. The number of benzene rings is 4. The Kier molecular flexibility index (Phi) is 14.1. The van der Waals surface area contributed by atoms with Gasteiger partial charge in [0.1, 0.15) is 11.4 Å². The molecule has 2 amide bonds. The van der Waals surface area contributed by atoms with E-state index in [0.29, 0.717) is 60.2 Å². The van der Waals surface area contributed by atoms with E-state index in [0.717, 1.165) is 36.2 Å². The number of nitrogens with zero attached hydrogens (tertiary/aromatic N) is 2. The van der Waals surface area contributed by atoms with Crippen LogP contribution in [0.2, 0.25) is 0 Å². The molecule has 2 aliphatic rings. The van der Waals surface area contributed by atoms with Gasteiger partial charge in [0, 0.05) is 23.0 Å². The zero-order valence-corrected chi connectivity index (χ0v) is 32.2. The van der Waals surface area contributed by atoms with E-state index in [-0.39, 0.29) is 48.0 Å². The summed E-state index contributed by atoms with van der Waals surface area (Å²) in [6, 6.07) is 14.8. The average molecular weight is 847 g/mol. The standard InChI is InChI=1S/2C20H20F3N3O4/c1-2-30-19(27)25-17-10-12-4-3-5-16(15(12)11-18(17)26(28)29)24-14-8-6-13(7-9-14)20(21,22)23;1-2-30-19(27)25-17-11-10-14-15(18(17)26(28)29)4-3-5-16(14)24-13-8-6-12(7-9-13)20(21,22)23/h2*6-11,16,24H,2-5H2,1H3,(H,25,27). The molecule has 2 aliphatic carbocycles. The molecule has 0 bridgehead atoms. The molecule has 2 unspecified atom stereocenters. The van der Waals surface area contributed by atoms with Gasteiger partial charge in [0.05, 0.1) is 46.3 Å². The lowest BCUT2D eigenvalue weighted by Crippen LogP contribution is -2.20. The van der Waals surface area contributed by atoms with Crippen LogP contribution in [0.15, 0.2) is 72.8 Å². The largest absolute Gasteiger partial charge is 0.450 e. The number of fused-ring (bicyclic) bond motifs is 2. The lowest BCUT2D eigenvalue weighted by atomic mass is 9.86. The molecule has 4 aromatic carbocycles. The average Bonchev–Trinajstić information content (AvgIpc) is 3.17. The maximum absolute atomic E-state index is 12.7. The molecule has 320 valence electrons. The van der Waals surface area contributed by atoms with Crippen molar-refractivity contribution in [1.82, 2.24) is 0 Å². The zero-order valence-electron chi connectivity index (χ0n) is 32.2. The molecule has 14 nitrogen and oxygen atoms in total. The third-order valence-corrected chi connectivity index (χ3v) is 9.70. The second kappa shape index (κ2) is 19.0. The maximum atomic E-state index is 12.7. The lowest BCUT2D eigenvalue weighted by Gasteiger charge is -2.28. The Morgan fingerprint density at radius 3 is 1.62 bits per heavy atom. The van der Waals surface area contributed by atoms with Crippen molar-refractivity contribution in [3.05, 3.63) is 126 Å². The summed E-state index contributed by atoms with van der Waals surface area (Å²) in [5, 5.41) is 34.4. The fraction of sp³-hybridized carbons (Fsp3) is 0.350. The van der Waals surface area contributed by atoms with Gasteiger partial charge < -0.3 is 20.1 Å². The van der Waals surface area contributed by atoms with Crippen molar-refractivity contribution in [3.63, 3.8) is 0 Å². The van der Waals surface area contributed by atoms with Crippen molar-refractivity contribution >= 4 is 46.3 Å². The minimum atomic E-state index is -4.42. The molecule has 0 fully saturated rings. The summed E-state index contributed by atoms with van der Waals surface area (Å²) >= 11 is 0. The molecule has 20 heteroatoms. The van der Waals surface area contributed by atoms with Gasteiger partial charge in [-0.3, -0.25) is 30.9 Å². The number of nitro benzene ring substituents is 2. The highest BCUT2D eigenvalue weighted by molar-refractivity contribution is 5.89. The van der Waals surface area contributed by atoms with Gasteiger partial charge in [0.15, 0.2) is 0 Å². The number of ether oxygens (including phenoxy) is 2. The predicted octanol–water partition coefficient (Wildman–Crippen LogP) is 11.3. The monoisotopic (exact) mass is 846 g/mol. The molecule has 0 heterocycles. The number of hydrogen-bond donors (Lipinski definition) is 4. The normalized spacial score (nSPS) is 15.8. The summed E-state index contributed by atoms with van der Waals surface area (Å²) in [6.45, 7) is 3.50. The highest BCUT2D eigenvalue weighted by Gasteiger charge is 2.33. The number of nitro groups is 2. The van der Waals surface area contributed by atoms with Crippen molar-refractivity contribution in [2.45, 2.75) is 76.8 Å². The molecular weight excluding hydrogens is 806 g/mol. The lowest BCUT2D eigenvalue weighted by molar-refractivity contribution is -0.384. The van der Waals surface area contributed by atoms with Gasteiger partial charge in [-0.2, -0.15) is 26.3 Å². The van der Waals surface area contributed by atoms with Crippen LogP contribution in [0.1, 0.15) is 85.0 Å². The number of hydrogen-bond acceptors (Lipinski definition) is 10. The van der Waals surface area contributed by atoms with E-state index in [4.69, 9.17) is 9.47 Å². The van der Waals surface area contributed by atoms with E-state index in [9.17, 15) is 56.2 Å². The first kappa shape index (κ1) is 44.5. The van der Waals surface area contributed by atoms with Gasteiger partial charge in [0.2, 0.25) is 0 Å². The SMILES string of the molecule is CCOC(=O)Nc1cc2c(cc1[N+](=O)[O-])C(Nc1ccc(C(F)(F)F)cc1)CCC2.CCOC(=O)Nc1ccc2c(c1[N+](=O)[O-])CCCC2Nc1ccc(C(F)(F)F)cc1. The third-order valence-electron chi connectivity index (χ3n) is 9.70. The molecule has 0 radical (unpaired) electrons. The van der Waals surface area contributed by atoms with Crippen LogP contribution in [0.5, 0.6) is 0 Å². The Balaban J connectivity index is 0.000000228. The number of rotatable bonds is 10. The van der Waals surface area contributed by atoms with E-state index in [2.05, 4.69) is 21.3 Å². The van der Waals surface area contributed by atoms with E-state index in [1.165, 1.54) is 36.4 Å². The number of anilines is 4.